The van der Waals surface area contributed by atoms with Gasteiger partial charge in [-0.15, -0.1) is 0 Å². The molecule has 1 aromatic carbocycles. The van der Waals surface area contributed by atoms with Crippen LogP contribution in [-0.4, -0.2) is 12.6 Å². The monoisotopic (exact) mass is 211 g/mol. The first kappa shape index (κ1) is 11.9. The van der Waals surface area contributed by atoms with Gasteiger partial charge in [0.05, 0.1) is 0 Å². The minimum atomic E-state index is -0.813. The molecule has 3 heteroatoms. The molecule has 0 saturated carbocycles. The van der Waals surface area contributed by atoms with E-state index in [1.807, 2.05) is 19.9 Å². The Balaban J connectivity index is 2.68. The summed E-state index contributed by atoms with van der Waals surface area (Å²) < 4.78 is 25.4. The summed E-state index contributed by atoms with van der Waals surface area (Å²) in [6.07, 6.45) is 3.69. The zero-order chi connectivity index (χ0) is 11.3. The van der Waals surface area contributed by atoms with Crippen molar-refractivity contribution in [1.29, 1.82) is 0 Å². The topological polar surface area (TPSA) is 12.0 Å². The van der Waals surface area contributed by atoms with Crippen LogP contribution >= 0.6 is 0 Å². The minimum Gasteiger partial charge on any atom is -0.311 e. The standard InChI is InChI=1S/C12H15F2N/c1-3-15-9(2)4-5-10-6-7-11(13)12(14)8-10/h4-9,15H,3H2,1-2H3/b5-4+. The second kappa shape index (κ2) is 5.61. The number of hydrogen-bond donors (Lipinski definition) is 1. The summed E-state index contributed by atoms with van der Waals surface area (Å²) in [6, 6.07) is 4.09. The molecule has 0 fully saturated rings. The fourth-order valence-corrected chi connectivity index (χ4v) is 1.26. The van der Waals surface area contributed by atoms with Crippen molar-refractivity contribution < 1.29 is 8.78 Å². The molecule has 0 aliphatic heterocycles. The average Bonchev–Trinajstić information content (AvgIpc) is 2.20. The number of benzene rings is 1. The van der Waals surface area contributed by atoms with Gasteiger partial charge in [-0.2, -0.15) is 0 Å². The van der Waals surface area contributed by atoms with E-state index in [1.165, 1.54) is 6.07 Å². The van der Waals surface area contributed by atoms with Gasteiger partial charge in [0.2, 0.25) is 0 Å². The molecule has 1 nitrogen and oxygen atoms in total. The summed E-state index contributed by atoms with van der Waals surface area (Å²) in [5.41, 5.74) is 0.665. The lowest BCUT2D eigenvalue weighted by molar-refractivity contribution is 0.508. The molecule has 1 N–H and O–H groups in total. The van der Waals surface area contributed by atoms with Crippen LogP contribution in [0.3, 0.4) is 0 Å². The van der Waals surface area contributed by atoms with E-state index in [0.29, 0.717) is 5.56 Å². The Labute approximate surface area is 88.8 Å². The van der Waals surface area contributed by atoms with E-state index in [1.54, 1.807) is 12.1 Å². The first-order valence-corrected chi connectivity index (χ1v) is 5.00. The number of halogens is 2. The fraction of sp³-hybridized carbons (Fsp3) is 0.333. The molecule has 0 heterocycles. The van der Waals surface area contributed by atoms with Crippen molar-refractivity contribution in [3.05, 3.63) is 41.5 Å². The second-order valence-electron chi connectivity index (χ2n) is 3.38. The number of hydrogen-bond acceptors (Lipinski definition) is 1. The van der Waals surface area contributed by atoms with Gasteiger partial charge in [-0.25, -0.2) is 8.78 Å². The van der Waals surface area contributed by atoms with Gasteiger partial charge in [0, 0.05) is 6.04 Å². The molecule has 0 radical (unpaired) electrons. The summed E-state index contributed by atoms with van der Waals surface area (Å²) in [6.45, 7) is 4.89. The number of nitrogens with one attached hydrogen (secondary N) is 1. The van der Waals surface area contributed by atoms with Crippen LogP contribution in [0.1, 0.15) is 19.4 Å². The van der Waals surface area contributed by atoms with Crippen LogP contribution in [0, 0.1) is 11.6 Å². The van der Waals surface area contributed by atoms with E-state index in [4.69, 9.17) is 0 Å². The zero-order valence-corrected chi connectivity index (χ0v) is 8.93. The zero-order valence-electron chi connectivity index (χ0n) is 8.93. The second-order valence-corrected chi connectivity index (χ2v) is 3.38. The van der Waals surface area contributed by atoms with Gasteiger partial charge in [0.25, 0.3) is 0 Å². The minimum absolute atomic E-state index is 0.225. The van der Waals surface area contributed by atoms with E-state index in [-0.39, 0.29) is 6.04 Å². The molecule has 0 aliphatic carbocycles. The molecule has 0 spiro atoms. The first-order chi connectivity index (χ1) is 7.13. The normalized spacial score (nSPS) is 13.3. The average molecular weight is 211 g/mol. The van der Waals surface area contributed by atoms with Gasteiger partial charge in [-0.05, 0) is 31.2 Å². The first-order valence-electron chi connectivity index (χ1n) is 5.00. The van der Waals surface area contributed by atoms with Crippen molar-refractivity contribution in [3.8, 4) is 0 Å². The molecule has 0 bridgehead atoms. The van der Waals surface area contributed by atoms with Gasteiger partial charge < -0.3 is 5.32 Å². The maximum absolute atomic E-state index is 12.8. The highest BCUT2D eigenvalue weighted by molar-refractivity contribution is 5.49. The third-order valence-corrected chi connectivity index (χ3v) is 2.05. The van der Waals surface area contributed by atoms with Gasteiger partial charge in [-0.1, -0.05) is 25.1 Å². The molecule has 0 amide bonds. The highest BCUT2D eigenvalue weighted by Gasteiger charge is 2.00. The quantitative estimate of drug-likeness (QED) is 0.807. The Morgan fingerprint density at radius 3 is 2.67 bits per heavy atom. The molecular formula is C12H15F2N. The molecule has 1 atom stereocenters. The number of likely N-dealkylation sites (N-methyl/N-ethyl adjacent to an activating group) is 1. The SMILES string of the molecule is CCNC(C)/C=C/c1ccc(F)c(F)c1. The maximum atomic E-state index is 12.8. The van der Waals surface area contributed by atoms with Crippen LogP contribution in [0.2, 0.25) is 0 Å². The van der Waals surface area contributed by atoms with Gasteiger partial charge >= 0.3 is 0 Å². The Hall–Kier alpha value is -1.22. The van der Waals surface area contributed by atoms with Crippen molar-refractivity contribution in [2.45, 2.75) is 19.9 Å². The van der Waals surface area contributed by atoms with E-state index in [0.717, 1.165) is 12.6 Å². The Kier molecular flexibility index (Phi) is 4.43. The van der Waals surface area contributed by atoms with Crippen molar-refractivity contribution in [2.24, 2.45) is 0 Å². The Bertz CT molecular complexity index is 347. The largest absolute Gasteiger partial charge is 0.311 e. The van der Waals surface area contributed by atoms with Gasteiger partial charge in [-0.3, -0.25) is 0 Å². The lowest BCUT2D eigenvalue weighted by Crippen LogP contribution is -2.22. The maximum Gasteiger partial charge on any atom is 0.159 e. The lowest BCUT2D eigenvalue weighted by atomic mass is 10.1. The van der Waals surface area contributed by atoms with Crippen LogP contribution in [0.4, 0.5) is 8.78 Å². The molecular weight excluding hydrogens is 196 g/mol. The van der Waals surface area contributed by atoms with Crippen molar-refractivity contribution in [2.75, 3.05) is 6.54 Å². The van der Waals surface area contributed by atoms with E-state index in [2.05, 4.69) is 5.32 Å². The van der Waals surface area contributed by atoms with Crippen LogP contribution in [0.15, 0.2) is 24.3 Å². The summed E-state index contributed by atoms with van der Waals surface area (Å²) in [5.74, 6) is -1.62. The molecule has 1 unspecified atom stereocenters. The molecule has 1 aromatic rings. The molecule has 0 aromatic heterocycles. The van der Waals surface area contributed by atoms with Crippen LogP contribution in [0.5, 0.6) is 0 Å². The smallest absolute Gasteiger partial charge is 0.159 e. The van der Waals surface area contributed by atoms with Crippen LogP contribution in [0.25, 0.3) is 6.08 Å². The van der Waals surface area contributed by atoms with Crippen molar-refractivity contribution in [3.63, 3.8) is 0 Å². The van der Waals surface area contributed by atoms with E-state index >= 15 is 0 Å². The highest BCUT2D eigenvalue weighted by Crippen LogP contribution is 2.10. The lowest BCUT2D eigenvalue weighted by Gasteiger charge is -2.05. The predicted molar refractivity (Wildman–Crippen MR) is 58.5 cm³/mol. The van der Waals surface area contributed by atoms with E-state index in [9.17, 15) is 8.78 Å². The predicted octanol–water partition coefficient (Wildman–Crippen LogP) is 2.98. The Morgan fingerprint density at radius 1 is 1.33 bits per heavy atom. The van der Waals surface area contributed by atoms with Gasteiger partial charge in [0.15, 0.2) is 11.6 Å². The van der Waals surface area contributed by atoms with Crippen LogP contribution in [-0.2, 0) is 0 Å². The van der Waals surface area contributed by atoms with Crippen molar-refractivity contribution in [1.82, 2.24) is 5.32 Å². The van der Waals surface area contributed by atoms with E-state index < -0.39 is 11.6 Å². The highest BCUT2D eigenvalue weighted by atomic mass is 19.2. The molecule has 82 valence electrons. The van der Waals surface area contributed by atoms with Gasteiger partial charge in [0.1, 0.15) is 0 Å². The summed E-state index contributed by atoms with van der Waals surface area (Å²) in [5, 5.41) is 3.19. The number of rotatable bonds is 4. The Morgan fingerprint density at radius 2 is 2.07 bits per heavy atom. The molecule has 0 aliphatic rings. The molecule has 1 rings (SSSR count). The summed E-state index contributed by atoms with van der Waals surface area (Å²) in [4.78, 5) is 0. The van der Waals surface area contributed by atoms with Crippen molar-refractivity contribution >= 4 is 6.08 Å². The van der Waals surface area contributed by atoms with Crippen LogP contribution < -0.4 is 5.32 Å². The third kappa shape index (κ3) is 3.80. The summed E-state index contributed by atoms with van der Waals surface area (Å²) >= 11 is 0. The molecule has 0 saturated heterocycles. The summed E-state index contributed by atoms with van der Waals surface area (Å²) in [7, 11) is 0. The fourth-order valence-electron chi connectivity index (χ4n) is 1.26. The molecule has 15 heavy (non-hydrogen) atoms. The third-order valence-electron chi connectivity index (χ3n) is 2.05.